The molecule has 0 aliphatic rings. The molecule has 0 bridgehead atoms. The van der Waals surface area contributed by atoms with Crippen molar-refractivity contribution < 1.29 is 19.1 Å². The zero-order chi connectivity index (χ0) is 17.9. The normalized spacial score (nSPS) is 10.3. The molecule has 0 radical (unpaired) electrons. The summed E-state index contributed by atoms with van der Waals surface area (Å²) in [6.07, 6.45) is 0. The van der Waals surface area contributed by atoms with Crippen LogP contribution < -0.4 is 0 Å². The maximum Gasteiger partial charge on any atom is 0.340 e. The average Bonchev–Trinajstić information content (AvgIpc) is 2.87. The van der Waals surface area contributed by atoms with Crippen LogP contribution in [0, 0.1) is 6.92 Å². The first-order chi connectivity index (χ1) is 11.4. The highest BCUT2D eigenvalue weighted by Crippen LogP contribution is 2.30. The number of benzene rings is 1. The zero-order valence-electron chi connectivity index (χ0n) is 14.4. The van der Waals surface area contributed by atoms with Crippen LogP contribution in [0.5, 0.6) is 0 Å². The lowest BCUT2D eigenvalue weighted by molar-refractivity contribution is 0.0555. The maximum absolute atomic E-state index is 12.3. The highest BCUT2D eigenvalue weighted by Gasteiger charge is 2.30. The Morgan fingerprint density at radius 1 is 1.04 bits per heavy atom. The molecule has 0 unspecified atom stereocenters. The molecule has 0 fully saturated rings. The minimum Gasteiger partial charge on any atom is -0.465 e. The van der Waals surface area contributed by atoms with Crippen LogP contribution in [-0.2, 0) is 16.0 Å². The number of rotatable bonds is 5. The molecule has 0 saturated carbocycles. The average molecular weight is 327 g/mol. The van der Waals surface area contributed by atoms with E-state index in [9.17, 15) is 9.59 Å². The summed E-state index contributed by atoms with van der Waals surface area (Å²) >= 11 is 0. The first-order valence-corrected chi connectivity index (χ1v) is 7.51. The van der Waals surface area contributed by atoms with Gasteiger partial charge in [0.1, 0.15) is 0 Å². The molecule has 5 heteroatoms. The topological polar surface area (TPSA) is 57.5 Å². The minimum atomic E-state index is -0.580. The van der Waals surface area contributed by atoms with Crippen molar-refractivity contribution in [3.63, 3.8) is 0 Å². The van der Waals surface area contributed by atoms with Crippen LogP contribution in [0.1, 0.15) is 44.6 Å². The number of hydrogen-bond donors (Lipinski definition) is 0. The number of methoxy groups -OCH3 is 2. The number of nitrogens with zero attached hydrogens (tertiary/aromatic N) is 1. The van der Waals surface area contributed by atoms with Crippen molar-refractivity contribution in [1.82, 2.24) is 4.57 Å². The SMILES string of the molecule is C=C(C)c1c(C(=O)OC)c(C(=O)OC)c(C)n1Cc1ccccc1. The third kappa shape index (κ3) is 3.11. The second kappa shape index (κ2) is 7.17. The van der Waals surface area contributed by atoms with Crippen molar-refractivity contribution >= 4 is 17.5 Å². The second-order valence-electron chi connectivity index (χ2n) is 5.52. The predicted octanol–water partition coefficient (Wildman–Crippen LogP) is 3.45. The Hall–Kier alpha value is -2.82. The number of allylic oxidation sites excluding steroid dienone is 1. The fourth-order valence-corrected chi connectivity index (χ4v) is 2.80. The molecular formula is C19H21NO4. The lowest BCUT2D eigenvalue weighted by Crippen LogP contribution is -2.11. The van der Waals surface area contributed by atoms with Crippen LogP contribution in [0.25, 0.3) is 5.57 Å². The van der Waals surface area contributed by atoms with Gasteiger partial charge in [-0.3, -0.25) is 0 Å². The van der Waals surface area contributed by atoms with Gasteiger partial charge in [0.2, 0.25) is 0 Å². The molecule has 1 aromatic heterocycles. The highest BCUT2D eigenvalue weighted by molar-refractivity contribution is 6.07. The molecule has 0 amide bonds. The van der Waals surface area contributed by atoms with Crippen molar-refractivity contribution in [3.8, 4) is 0 Å². The molecule has 126 valence electrons. The fraction of sp³-hybridized carbons (Fsp3) is 0.263. The summed E-state index contributed by atoms with van der Waals surface area (Å²) in [6, 6.07) is 9.79. The molecule has 24 heavy (non-hydrogen) atoms. The summed E-state index contributed by atoms with van der Waals surface area (Å²) in [5.41, 5.74) is 3.37. The molecular weight excluding hydrogens is 306 g/mol. The molecule has 2 rings (SSSR count). The minimum absolute atomic E-state index is 0.199. The van der Waals surface area contributed by atoms with E-state index in [1.165, 1.54) is 14.2 Å². The third-order valence-corrected chi connectivity index (χ3v) is 3.89. The number of carbonyl (C=O) groups excluding carboxylic acids is 2. The van der Waals surface area contributed by atoms with Gasteiger partial charge in [-0.15, -0.1) is 0 Å². The standard InChI is InChI=1S/C19H21NO4/c1-12(2)17-16(19(22)24-5)15(18(21)23-4)13(3)20(17)11-14-9-7-6-8-10-14/h6-10H,1,11H2,2-5H3. The van der Waals surface area contributed by atoms with Crippen LogP contribution in [0.15, 0.2) is 36.9 Å². The van der Waals surface area contributed by atoms with Crippen LogP contribution in [0.4, 0.5) is 0 Å². The van der Waals surface area contributed by atoms with Crippen molar-refractivity contribution in [3.05, 3.63) is 65.0 Å². The molecule has 0 atom stereocenters. The van der Waals surface area contributed by atoms with Gasteiger partial charge in [-0.1, -0.05) is 36.9 Å². The van der Waals surface area contributed by atoms with Crippen LogP contribution >= 0.6 is 0 Å². The van der Waals surface area contributed by atoms with Crippen LogP contribution in [-0.4, -0.2) is 30.7 Å². The summed E-state index contributed by atoms with van der Waals surface area (Å²) in [6.45, 7) is 8.05. The van der Waals surface area contributed by atoms with Gasteiger partial charge in [-0.2, -0.15) is 0 Å². The molecule has 2 aromatic rings. The summed E-state index contributed by atoms with van der Waals surface area (Å²) < 4.78 is 11.6. The van der Waals surface area contributed by atoms with Crippen molar-refractivity contribution in [2.75, 3.05) is 14.2 Å². The lowest BCUT2D eigenvalue weighted by Gasteiger charge is -2.12. The van der Waals surface area contributed by atoms with Crippen LogP contribution in [0.2, 0.25) is 0 Å². The molecule has 5 nitrogen and oxygen atoms in total. The largest absolute Gasteiger partial charge is 0.465 e. The van der Waals surface area contributed by atoms with E-state index in [-0.39, 0.29) is 11.1 Å². The van der Waals surface area contributed by atoms with Gasteiger partial charge >= 0.3 is 11.9 Å². The number of hydrogen-bond acceptors (Lipinski definition) is 4. The van der Waals surface area contributed by atoms with E-state index in [4.69, 9.17) is 9.47 Å². The summed E-state index contributed by atoms with van der Waals surface area (Å²) in [5, 5.41) is 0. The lowest BCUT2D eigenvalue weighted by atomic mass is 10.1. The zero-order valence-corrected chi connectivity index (χ0v) is 14.4. The van der Waals surface area contributed by atoms with E-state index < -0.39 is 11.9 Å². The quantitative estimate of drug-likeness (QED) is 0.789. The van der Waals surface area contributed by atoms with Gasteiger partial charge in [-0.25, -0.2) is 9.59 Å². The van der Waals surface area contributed by atoms with E-state index in [0.717, 1.165) is 5.56 Å². The third-order valence-electron chi connectivity index (χ3n) is 3.89. The molecule has 0 saturated heterocycles. The van der Waals surface area contributed by atoms with Crippen molar-refractivity contribution in [1.29, 1.82) is 0 Å². The van der Waals surface area contributed by atoms with Gasteiger partial charge in [0.25, 0.3) is 0 Å². The maximum atomic E-state index is 12.3. The molecule has 0 spiro atoms. The van der Waals surface area contributed by atoms with E-state index >= 15 is 0 Å². The van der Waals surface area contributed by atoms with E-state index in [1.807, 2.05) is 34.9 Å². The van der Waals surface area contributed by atoms with Gasteiger partial charge < -0.3 is 14.0 Å². The predicted molar refractivity (Wildman–Crippen MR) is 92.1 cm³/mol. The fourth-order valence-electron chi connectivity index (χ4n) is 2.80. The van der Waals surface area contributed by atoms with Gasteiger partial charge in [-0.05, 0) is 25.0 Å². The van der Waals surface area contributed by atoms with Gasteiger partial charge in [0, 0.05) is 12.2 Å². The smallest absolute Gasteiger partial charge is 0.340 e. The summed E-state index contributed by atoms with van der Waals surface area (Å²) in [5.74, 6) is -1.15. The molecule has 0 N–H and O–H groups in total. The highest BCUT2D eigenvalue weighted by atomic mass is 16.5. The molecule has 1 aromatic carbocycles. The van der Waals surface area contributed by atoms with E-state index in [0.29, 0.717) is 23.5 Å². The Bertz CT molecular complexity index is 787. The monoisotopic (exact) mass is 327 g/mol. The Morgan fingerprint density at radius 2 is 1.58 bits per heavy atom. The van der Waals surface area contributed by atoms with Gasteiger partial charge in [0.15, 0.2) is 0 Å². The Labute approximate surface area is 141 Å². The Morgan fingerprint density at radius 3 is 2.08 bits per heavy atom. The first kappa shape index (κ1) is 17.5. The number of aromatic nitrogens is 1. The number of ether oxygens (including phenoxy) is 2. The van der Waals surface area contributed by atoms with Crippen molar-refractivity contribution in [2.24, 2.45) is 0 Å². The number of esters is 2. The Kier molecular flexibility index (Phi) is 5.24. The first-order valence-electron chi connectivity index (χ1n) is 7.51. The van der Waals surface area contributed by atoms with E-state index in [1.54, 1.807) is 13.8 Å². The van der Waals surface area contributed by atoms with E-state index in [2.05, 4.69) is 6.58 Å². The molecule has 0 aliphatic carbocycles. The summed E-state index contributed by atoms with van der Waals surface area (Å²) in [4.78, 5) is 24.6. The van der Waals surface area contributed by atoms with Crippen molar-refractivity contribution in [2.45, 2.75) is 20.4 Å². The van der Waals surface area contributed by atoms with Crippen LogP contribution in [0.3, 0.4) is 0 Å². The second-order valence-corrected chi connectivity index (χ2v) is 5.52. The molecule has 1 heterocycles. The Balaban J connectivity index is 2.74. The number of carbonyl (C=O) groups is 2. The molecule has 0 aliphatic heterocycles. The summed E-state index contributed by atoms with van der Waals surface area (Å²) in [7, 11) is 2.58. The van der Waals surface area contributed by atoms with Gasteiger partial charge in [0.05, 0.1) is 31.0 Å².